The Bertz CT molecular complexity index is 1410. The largest absolute Gasteiger partial charge is 0.492 e. The molecule has 4 heterocycles. The highest BCUT2D eigenvalue weighted by Crippen LogP contribution is 2.43. The van der Waals surface area contributed by atoms with Crippen molar-refractivity contribution in [1.82, 2.24) is 20.3 Å². The highest BCUT2D eigenvalue weighted by atomic mass is 19.1. The van der Waals surface area contributed by atoms with Crippen molar-refractivity contribution in [1.29, 1.82) is 0 Å². The number of fused-ring (bicyclic) bond motifs is 2. The van der Waals surface area contributed by atoms with Gasteiger partial charge in [0.25, 0.3) is 5.91 Å². The van der Waals surface area contributed by atoms with Gasteiger partial charge in [-0.05, 0) is 24.3 Å². The third kappa shape index (κ3) is 3.47. The zero-order valence-electron chi connectivity index (χ0n) is 18.4. The Hall–Kier alpha value is -4.21. The maximum Gasteiger partial charge on any atom is 0.255 e. The van der Waals surface area contributed by atoms with Gasteiger partial charge in [-0.3, -0.25) is 14.2 Å². The second-order valence-electron chi connectivity index (χ2n) is 7.75. The number of aromatic amines is 1. The summed E-state index contributed by atoms with van der Waals surface area (Å²) in [5.41, 5.74) is 3.59. The molecule has 1 aromatic carbocycles. The molecule has 4 aromatic rings. The molecule has 0 spiro atoms. The number of rotatable bonds is 6. The number of methoxy groups -OCH3 is 2. The smallest absolute Gasteiger partial charge is 0.255 e. The SMILES string of the molecule is COc1ccc2nccc(-c3[nH]c4c(c3Nc3cccc(F)c3OC)C(=O)NCC4CF)c2n1. The van der Waals surface area contributed by atoms with Crippen molar-refractivity contribution in [2.75, 3.05) is 32.8 Å². The number of amides is 1. The van der Waals surface area contributed by atoms with Gasteiger partial charge >= 0.3 is 0 Å². The average molecular weight is 465 g/mol. The number of para-hydroxylation sites is 1. The summed E-state index contributed by atoms with van der Waals surface area (Å²) in [6, 6.07) is 9.63. The normalized spacial score (nSPS) is 15.1. The molecule has 0 bridgehead atoms. The number of halogens is 2. The molecule has 5 rings (SSSR count). The number of nitrogens with zero attached hydrogens (tertiary/aromatic N) is 2. The number of benzene rings is 1. The van der Waals surface area contributed by atoms with Crippen molar-refractivity contribution in [3.8, 4) is 22.9 Å². The molecule has 1 aliphatic rings. The van der Waals surface area contributed by atoms with E-state index in [0.717, 1.165) is 0 Å². The first kappa shape index (κ1) is 21.6. The van der Waals surface area contributed by atoms with Crippen LogP contribution in [0.5, 0.6) is 11.6 Å². The van der Waals surface area contributed by atoms with Gasteiger partial charge in [0.2, 0.25) is 5.88 Å². The van der Waals surface area contributed by atoms with Crippen molar-refractivity contribution in [2.45, 2.75) is 5.92 Å². The monoisotopic (exact) mass is 465 g/mol. The molecular formula is C24H21F2N5O3. The van der Waals surface area contributed by atoms with Crippen LogP contribution in [-0.2, 0) is 0 Å². The van der Waals surface area contributed by atoms with Gasteiger partial charge in [-0.25, -0.2) is 9.37 Å². The van der Waals surface area contributed by atoms with Gasteiger partial charge in [0.1, 0.15) is 5.52 Å². The number of aromatic nitrogens is 3. The van der Waals surface area contributed by atoms with E-state index in [2.05, 4.69) is 25.6 Å². The summed E-state index contributed by atoms with van der Waals surface area (Å²) in [6.45, 7) is -0.507. The molecule has 8 nitrogen and oxygen atoms in total. The van der Waals surface area contributed by atoms with Crippen LogP contribution in [0, 0.1) is 5.82 Å². The van der Waals surface area contributed by atoms with E-state index in [0.29, 0.717) is 45.2 Å². The van der Waals surface area contributed by atoms with Crippen LogP contribution >= 0.6 is 0 Å². The van der Waals surface area contributed by atoms with Gasteiger partial charge < -0.3 is 25.1 Å². The van der Waals surface area contributed by atoms with Crippen LogP contribution in [-0.4, -0.2) is 48.3 Å². The lowest BCUT2D eigenvalue weighted by Gasteiger charge is -2.21. The van der Waals surface area contributed by atoms with Gasteiger partial charge in [-0.2, -0.15) is 0 Å². The molecule has 1 atom stereocenters. The summed E-state index contributed by atoms with van der Waals surface area (Å²) in [4.78, 5) is 25.1. The number of hydrogen-bond donors (Lipinski definition) is 3. The molecule has 10 heteroatoms. The third-order valence-corrected chi connectivity index (χ3v) is 5.83. The molecule has 0 aliphatic carbocycles. The molecule has 1 amide bonds. The molecule has 1 aliphatic heterocycles. The van der Waals surface area contributed by atoms with E-state index in [1.165, 1.54) is 26.4 Å². The van der Waals surface area contributed by atoms with E-state index >= 15 is 0 Å². The van der Waals surface area contributed by atoms with E-state index in [1.54, 1.807) is 30.5 Å². The number of anilines is 2. The Balaban J connectivity index is 1.78. The summed E-state index contributed by atoms with van der Waals surface area (Å²) in [6.07, 6.45) is 1.62. The van der Waals surface area contributed by atoms with Gasteiger partial charge in [0, 0.05) is 36.0 Å². The summed E-state index contributed by atoms with van der Waals surface area (Å²) in [5, 5.41) is 5.88. The summed E-state index contributed by atoms with van der Waals surface area (Å²) < 4.78 is 38.8. The molecule has 0 saturated heterocycles. The van der Waals surface area contributed by atoms with Crippen molar-refractivity contribution in [2.24, 2.45) is 0 Å². The minimum Gasteiger partial charge on any atom is -0.492 e. The van der Waals surface area contributed by atoms with Crippen molar-refractivity contribution >= 4 is 28.3 Å². The lowest BCUT2D eigenvalue weighted by molar-refractivity contribution is 0.0938. The number of hydrogen-bond acceptors (Lipinski definition) is 6. The highest BCUT2D eigenvalue weighted by molar-refractivity contribution is 6.08. The predicted octanol–water partition coefficient (Wildman–Crippen LogP) is 4.32. The highest BCUT2D eigenvalue weighted by Gasteiger charge is 2.33. The van der Waals surface area contributed by atoms with E-state index in [4.69, 9.17) is 9.47 Å². The number of ether oxygens (including phenoxy) is 2. The van der Waals surface area contributed by atoms with E-state index in [-0.39, 0.29) is 23.8 Å². The van der Waals surface area contributed by atoms with E-state index in [1.807, 2.05) is 0 Å². The molecule has 0 radical (unpaired) electrons. The number of carbonyl (C=O) groups is 1. The van der Waals surface area contributed by atoms with Crippen LogP contribution in [0.2, 0.25) is 0 Å². The van der Waals surface area contributed by atoms with Crippen molar-refractivity contribution in [3.05, 3.63) is 59.7 Å². The maximum atomic E-state index is 14.4. The quantitative estimate of drug-likeness (QED) is 0.392. The number of H-pyrrole nitrogens is 1. The topological polar surface area (TPSA) is 101 Å². The number of pyridine rings is 2. The molecule has 3 aromatic heterocycles. The molecule has 1 unspecified atom stereocenters. The summed E-state index contributed by atoms with van der Waals surface area (Å²) in [7, 11) is 2.87. The molecule has 34 heavy (non-hydrogen) atoms. The van der Waals surface area contributed by atoms with E-state index in [9.17, 15) is 13.6 Å². The zero-order valence-corrected chi connectivity index (χ0v) is 18.4. The fourth-order valence-corrected chi connectivity index (χ4v) is 4.20. The molecule has 3 N–H and O–H groups in total. The maximum absolute atomic E-state index is 14.4. The third-order valence-electron chi connectivity index (χ3n) is 5.83. The van der Waals surface area contributed by atoms with Crippen LogP contribution in [0.4, 0.5) is 20.2 Å². The predicted molar refractivity (Wildman–Crippen MR) is 123 cm³/mol. The van der Waals surface area contributed by atoms with Crippen LogP contribution in [0.15, 0.2) is 42.6 Å². The van der Waals surface area contributed by atoms with Gasteiger partial charge in [0.15, 0.2) is 11.6 Å². The lowest BCUT2D eigenvalue weighted by atomic mass is 9.97. The Kier molecular flexibility index (Phi) is 5.48. The fraction of sp³-hybridized carbons (Fsp3) is 0.208. The van der Waals surface area contributed by atoms with Crippen LogP contribution in [0.1, 0.15) is 22.0 Å². The van der Waals surface area contributed by atoms with Crippen molar-refractivity contribution < 1.29 is 23.0 Å². The summed E-state index contributed by atoms with van der Waals surface area (Å²) >= 11 is 0. The Morgan fingerprint density at radius 3 is 2.79 bits per heavy atom. The zero-order chi connectivity index (χ0) is 23.8. The van der Waals surface area contributed by atoms with Crippen LogP contribution in [0.25, 0.3) is 22.3 Å². The first-order chi connectivity index (χ1) is 16.5. The molecular weight excluding hydrogens is 444 g/mol. The Morgan fingerprint density at radius 1 is 1.18 bits per heavy atom. The van der Waals surface area contributed by atoms with Gasteiger partial charge in [0.05, 0.1) is 49.0 Å². The first-order valence-corrected chi connectivity index (χ1v) is 10.5. The van der Waals surface area contributed by atoms with Gasteiger partial charge in [-0.1, -0.05) is 6.07 Å². The Morgan fingerprint density at radius 2 is 2.03 bits per heavy atom. The van der Waals surface area contributed by atoms with Crippen LogP contribution < -0.4 is 20.1 Å². The van der Waals surface area contributed by atoms with Crippen LogP contribution in [0.3, 0.4) is 0 Å². The molecule has 0 fully saturated rings. The minimum atomic E-state index is -0.668. The summed E-state index contributed by atoms with van der Waals surface area (Å²) in [5.74, 6) is -1.12. The molecule has 174 valence electrons. The van der Waals surface area contributed by atoms with Crippen molar-refractivity contribution in [3.63, 3.8) is 0 Å². The average Bonchev–Trinajstić information content (AvgIpc) is 3.23. The first-order valence-electron chi connectivity index (χ1n) is 10.5. The second-order valence-corrected chi connectivity index (χ2v) is 7.75. The van der Waals surface area contributed by atoms with Gasteiger partial charge in [-0.15, -0.1) is 0 Å². The Labute approximate surface area is 193 Å². The number of alkyl halides is 1. The number of nitrogens with one attached hydrogen (secondary N) is 3. The standard InChI is InChI=1S/C24H21F2N5O3/c1-33-17-7-6-15-20(30-17)13(8-9-27-15)21-22(29-16-5-3-4-14(26)23(16)34-2)18-19(31-21)12(10-25)11-28-24(18)32/h3-9,12,29,31H,10-11H2,1-2H3,(H,28,32). The minimum absolute atomic E-state index is 0.0129. The second kappa shape index (κ2) is 8.62. The van der Waals surface area contributed by atoms with E-state index < -0.39 is 18.4 Å². The fourth-order valence-electron chi connectivity index (χ4n) is 4.20. The molecule has 0 saturated carbocycles. The lowest BCUT2D eigenvalue weighted by Crippen LogP contribution is -2.35. The number of carbonyl (C=O) groups excluding carboxylic acids is 1.